The summed E-state index contributed by atoms with van der Waals surface area (Å²) in [7, 11) is 0. The highest BCUT2D eigenvalue weighted by Crippen LogP contribution is 2.21. The molecule has 2 rings (SSSR count). The van der Waals surface area contributed by atoms with E-state index in [2.05, 4.69) is 16.9 Å². The highest BCUT2D eigenvalue weighted by Gasteiger charge is 2.15. The van der Waals surface area contributed by atoms with E-state index in [1.54, 1.807) is 31.5 Å². The molecule has 1 aromatic heterocycles. The maximum absolute atomic E-state index is 11.9. The van der Waals surface area contributed by atoms with E-state index in [4.69, 9.17) is 14.2 Å². The largest absolute Gasteiger partial charge is 0.490 e. The Morgan fingerprint density at radius 1 is 1.00 bits per heavy atom. The predicted octanol–water partition coefficient (Wildman–Crippen LogP) is 4.04. The highest BCUT2D eigenvalue weighted by atomic mass is 16.6. The van der Waals surface area contributed by atoms with Gasteiger partial charge in [-0.2, -0.15) is 0 Å². The van der Waals surface area contributed by atoms with Crippen molar-refractivity contribution >= 4 is 5.97 Å². The van der Waals surface area contributed by atoms with Gasteiger partial charge in [0.2, 0.25) is 0 Å². The number of rotatable bonds is 10. The number of ether oxygens (including phenoxy) is 3. The Morgan fingerprint density at radius 3 is 2.31 bits per heavy atom. The molecule has 0 spiro atoms. The SMILES string of the molecule is CCCCOc1cnc(-c2ccc(OC(=O)C(C)OCCC)cc2)nc1. The van der Waals surface area contributed by atoms with Crippen LogP contribution < -0.4 is 9.47 Å². The molecule has 1 aromatic carbocycles. The van der Waals surface area contributed by atoms with Crippen LogP contribution in [0.15, 0.2) is 36.7 Å². The highest BCUT2D eigenvalue weighted by molar-refractivity contribution is 5.77. The number of nitrogens with zero attached hydrogens (tertiary/aromatic N) is 2. The van der Waals surface area contributed by atoms with Crippen LogP contribution in [0.5, 0.6) is 11.5 Å². The van der Waals surface area contributed by atoms with Crippen molar-refractivity contribution in [2.24, 2.45) is 0 Å². The summed E-state index contributed by atoms with van der Waals surface area (Å²) in [4.78, 5) is 20.6. The van der Waals surface area contributed by atoms with Crippen molar-refractivity contribution in [3.05, 3.63) is 36.7 Å². The quantitative estimate of drug-likeness (QED) is 0.363. The molecule has 0 aliphatic heterocycles. The Morgan fingerprint density at radius 2 is 1.69 bits per heavy atom. The normalized spacial score (nSPS) is 11.8. The molecule has 0 bridgehead atoms. The number of carbonyl (C=O) groups is 1. The van der Waals surface area contributed by atoms with Gasteiger partial charge in [-0.05, 0) is 44.0 Å². The Balaban J connectivity index is 1.93. The van der Waals surface area contributed by atoms with Crippen LogP contribution in [0, 0.1) is 0 Å². The molecule has 0 saturated carbocycles. The number of carbonyl (C=O) groups excluding carboxylic acids is 1. The van der Waals surface area contributed by atoms with Crippen molar-refractivity contribution in [2.45, 2.75) is 46.1 Å². The molecular formula is C20H26N2O4. The van der Waals surface area contributed by atoms with Gasteiger partial charge in [-0.1, -0.05) is 20.3 Å². The predicted molar refractivity (Wildman–Crippen MR) is 99.2 cm³/mol. The Bertz CT molecular complexity index is 671. The molecule has 2 aromatic rings. The summed E-state index contributed by atoms with van der Waals surface area (Å²) in [5.41, 5.74) is 0.834. The van der Waals surface area contributed by atoms with Crippen LogP contribution in [0.3, 0.4) is 0 Å². The van der Waals surface area contributed by atoms with E-state index in [-0.39, 0.29) is 0 Å². The number of hydrogen-bond acceptors (Lipinski definition) is 6. The number of benzene rings is 1. The first kappa shape index (κ1) is 19.8. The van der Waals surface area contributed by atoms with Crippen molar-refractivity contribution in [3.63, 3.8) is 0 Å². The Hall–Kier alpha value is -2.47. The van der Waals surface area contributed by atoms with Crippen LogP contribution in [-0.2, 0) is 9.53 Å². The molecule has 0 saturated heterocycles. The average Bonchev–Trinajstić information content (AvgIpc) is 2.67. The minimum absolute atomic E-state index is 0.406. The van der Waals surface area contributed by atoms with Crippen molar-refractivity contribution in [2.75, 3.05) is 13.2 Å². The lowest BCUT2D eigenvalue weighted by molar-refractivity contribution is -0.146. The zero-order valence-corrected chi connectivity index (χ0v) is 15.6. The average molecular weight is 358 g/mol. The lowest BCUT2D eigenvalue weighted by Crippen LogP contribution is -2.26. The third-order valence-corrected chi connectivity index (χ3v) is 3.63. The Labute approximate surface area is 154 Å². The van der Waals surface area contributed by atoms with Gasteiger partial charge in [0, 0.05) is 12.2 Å². The lowest BCUT2D eigenvalue weighted by Gasteiger charge is -2.12. The van der Waals surface area contributed by atoms with Crippen LogP contribution in [0.1, 0.15) is 40.0 Å². The van der Waals surface area contributed by atoms with Crippen molar-refractivity contribution in [1.82, 2.24) is 9.97 Å². The molecule has 0 radical (unpaired) electrons. The fraction of sp³-hybridized carbons (Fsp3) is 0.450. The van der Waals surface area contributed by atoms with E-state index in [1.807, 2.05) is 19.1 Å². The summed E-state index contributed by atoms with van der Waals surface area (Å²) in [5, 5.41) is 0. The molecule has 6 nitrogen and oxygen atoms in total. The third-order valence-electron chi connectivity index (χ3n) is 3.63. The molecule has 6 heteroatoms. The lowest BCUT2D eigenvalue weighted by atomic mass is 10.2. The van der Waals surface area contributed by atoms with E-state index >= 15 is 0 Å². The molecule has 26 heavy (non-hydrogen) atoms. The summed E-state index contributed by atoms with van der Waals surface area (Å²) >= 11 is 0. The second kappa shape index (κ2) is 10.5. The van der Waals surface area contributed by atoms with Gasteiger partial charge < -0.3 is 14.2 Å². The Kier molecular flexibility index (Phi) is 8.02. The van der Waals surface area contributed by atoms with Crippen LogP contribution in [-0.4, -0.2) is 35.3 Å². The number of aromatic nitrogens is 2. The first-order valence-electron chi connectivity index (χ1n) is 9.02. The minimum Gasteiger partial charge on any atom is -0.490 e. The fourth-order valence-electron chi connectivity index (χ4n) is 2.11. The molecule has 1 atom stereocenters. The van der Waals surface area contributed by atoms with Crippen molar-refractivity contribution in [3.8, 4) is 22.9 Å². The summed E-state index contributed by atoms with van der Waals surface area (Å²) < 4.78 is 16.2. The molecule has 0 fully saturated rings. The van der Waals surface area contributed by atoms with E-state index in [0.717, 1.165) is 24.8 Å². The summed E-state index contributed by atoms with van der Waals surface area (Å²) in [6, 6.07) is 7.06. The smallest absolute Gasteiger partial charge is 0.340 e. The van der Waals surface area contributed by atoms with Gasteiger partial charge in [-0.15, -0.1) is 0 Å². The number of hydrogen-bond donors (Lipinski definition) is 0. The van der Waals surface area contributed by atoms with Crippen LogP contribution in [0.25, 0.3) is 11.4 Å². The van der Waals surface area contributed by atoms with Crippen LogP contribution >= 0.6 is 0 Å². The molecule has 0 N–H and O–H groups in total. The first-order valence-corrected chi connectivity index (χ1v) is 9.02. The second-order valence-corrected chi connectivity index (χ2v) is 5.90. The molecule has 1 unspecified atom stereocenters. The molecule has 140 valence electrons. The molecule has 0 amide bonds. The van der Waals surface area contributed by atoms with Gasteiger partial charge in [-0.25, -0.2) is 14.8 Å². The first-order chi connectivity index (χ1) is 12.6. The number of esters is 1. The number of unbranched alkanes of at least 4 members (excludes halogenated alkanes) is 1. The van der Waals surface area contributed by atoms with Gasteiger partial charge >= 0.3 is 5.97 Å². The maximum Gasteiger partial charge on any atom is 0.340 e. The van der Waals surface area contributed by atoms with Crippen molar-refractivity contribution in [1.29, 1.82) is 0 Å². The van der Waals surface area contributed by atoms with Gasteiger partial charge in [0.05, 0.1) is 19.0 Å². The molecular weight excluding hydrogens is 332 g/mol. The third kappa shape index (κ3) is 6.11. The van der Waals surface area contributed by atoms with Gasteiger partial charge in [0.1, 0.15) is 5.75 Å². The van der Waals surface area contributed by atoms with E-state index < -0.39 is 12.1 Å². The fourth-order valence-corrected chi connectivity index (χ4v) is 2.11. The van der Waals surface area contributed by atoms with E-state index in [1.165, 1.54) is 0 Å². The molecule has 1 heterocycles. The molecule has 0 aliphatic carbocycles. The minimum atomic E-state index is -0.585. The van der Waals surface area contributed by atoms with E-state index in [9.17, 15) is 4.79 Å². The summed E-state index contributed by atoms with van der Waals surface area (Å²) in [6.07, 6.45) is 5.69. The second-order valence-electron chi connectivity index (χ2n) is 5.90. The zero-order valence-electron chi connectivity index (χ0n) is 15.6. The van der Waals surface area contributed by atoms with Crippen molar-refractivity contribution < 1.29 is 19.0 Å². The van der Waals surface area contributed by atoms with Gasteiger partial charge in [0.25, 0.3) is 0 Å². The van der Waals surface area contributed by atoms with Crippen LogP contribution in [0.2, 0.25) is 0 Å². The molecule has 0 aliphatic rings. The maximum atomic E-state index is 11.9. The zero-order chi connectivity index (χ0) is 18.8. The van der Waals surface area contributed by atoms with Gasteiger partial charge in [-0.3, -0.25) is 0 Å². The van der Waals surface area contributed by atoms with E-state index in [0.29, 0.717) is 30.5 Å². The standard InChI is InChI=1S/C20H26N2O4/c1-4-6-12-25-18-13-21-19(22-14-18)16-7-9-17(10-8-16)26-20(23)15(3)24-11-5-2/h7-10,13-15H,4-6,11-12H2,1-3H3. The topological polar surface area (TPSA) is 70.5 Å². The van der Waals surface area contributed by atoms with Crippen LogP contribution in [0.4, 0.5) is 0 Å². The van der Waals surface area contributed by atoms with Gasteiger partial charge in [0.15, 0.2) is 17.7 Å². The summed E-state index contributed by atoms with van der Waals surface area (Å²) in [6.45, 7) is 6.99. The summed E-state index contributed by atoms with van der Waals surface area (Å²) in [5.74, 6) is 1.31. The monoisotopic (exact) mass is 358 g/mol.